The second kappa shape index (κ2) is 38.8. The van der Waals surface area contributed by atoms with Gasteiger partial charge in [0.1, 0.15) is 23.1 Å². The van der Waals surface area contributed by atoms with Crippen LogP contribution in [0.3, 0.4) is 0 Å². The highest BCUT2D eigenvalue weighted by Gasteiger charge is 2.25. The number of hydrogen-bond donors (Lipinski definition) is 0. The predicted octanol–water partition coefficient (Wildman–Crippen LogP) is 15.1. The van der Waals surface area contributed by atoms with Crippen molar-refractivity contribution in [2.45, 2.75) is 246 Å². The van der Waals surface area contributed by atoms with Crippen LogP contribution < -0.4 is 0 Å². The molecule has 8 heteroatoms. The van der Waals surface area contributed by atoms with Crippen molar-refractivity contribution in [3.8, 4) is 0 Å². The first-order valence-electron chi connectivity index (χ1n) is 42.8. The summed E-state index contributed by atoms with van der Waals surface area (Å²) in [5, 5.41) is 0. The van der Waals surface area contributed by atoms with E-state index in [2.05, 4.69) is 0 Å². The molecule has 8 rings (SSSR count). The Bertz CT molecular complexity index is 3070. The molecule has 0 N–H and O–H groups in total. The zero-order chi connectivity index (χ0) is 86.8. The third-order valence-electron chi connectivity index (χ3n) is 9.65. The van der Waals surface area contributed by atoms with E-state index in [1.165, 1.54) is 53.0 Å². The molecule has 0 aliphatic heterocycles. The molecule has 0 spiro atoms. The highest BCUT2D eigenvalue weighted by molar-refractivity contribution is 5.80. The molecule has 0 aromatic rings. The van der Waals surface area contributed by atoms with E-state index in [0.29, 0.717) is 0 Å². The second-order valence-electron chi connectivity index (χ2n) is 15.9. The summed E-state index contributed by atoms with van der Waals surface area (Å²) in [6, 6.07) is 0. The largest absolute Gasteiger partial charge is 0.349 e. The lowest BCUT2D eigenvalue weighted by atomic mass is 10.0. The second-order valence-corrected chi connectivity index (χ2v) is 15.9. The van der Waals surface area contributed by atoms with Crippen molar-refractivity contribution in [2.24, 2.45) is 47.2 Å². The summed E-state index contributed by atoms with van der Waals surface area (Å²) in [5.41, 5.74) is 0. The lowest BCUT2D eigenvalue weighted by Crippen LogP contribution is -2.27. The quantitative estimate of drug-likeness (QED) is 0.224. The Hall–Kier alpha value is -2.90. The van der Waals surface area contributed by atoms with E-state index in [1.807, 2.05) is 0 Å². The molecule has 0 radical (unpaired) electrons. The topological polar surface area (TPSA) is 109 Å². The van der Waals surface area contributed by atoms with E-state index in [-0.39, 0.29) is 103 Å². The maximum atomic E-state index is 11.8. The molecule has 8 nitrogen and oxygen atoms in total. The number of allylic oxidation sites excluding steroid dienone is 4. The normalized spacial score (nSPS) is 45.6. The Balaban J connectivity index is 0.000000618. The van der Waals surface area contributed by atoms with Crippen LogP contribution >= 0.6 is 0 Å². The van der Waals surface area contributed by atoms with Crippen molar-refractivity contribution in [3.05, 3.63) is 24.3 Å². The number of nitrogens with zero attached hydrogens (tertiary/aromatic N) is 2. The SMILES string of the molecule is [2H]C1(C(=O)N(C)C)CC([2H])([2H])C([2H])([2H])C1.[2H]C1(C(C)=O)CC([2H])([2H])C([2H])([2H])C1.[2H]C1(C(C)=O)CC([2H])([2H])C([2H])([2H])C1.[2H]C1(C=CC)CC([2H])([2H])C([2H])([2H])C1.[2H]C1([2H])CCC([2H])([2H])C1([2H])C(=O)N(C)C.[2H]C1([2H])CCC([2H])([2H])C1([2H])C(C)=O.[2H]C1([2H])CCC([2H])([2H])C1([2H])C(C)=O.[2H]C1([2H])CCC([2H])([2H])C1([2H])C=CC. The molecular weight excluding hydrogens is 845 g/mol. The van der Waals surface area contributed by atoms with Crippen LogP contribution in [0.4, 0.5) is 0 Å². The minimum absolute atomic E-state index is 0.0582. The smallest absolute Gasteiger partial charge is 0.225 e. The van der Waals surface area contributed by atoms with Gasteiger partial charge in [0.25, 0.3) is 0 Å². The third kappa shape index (κ3) is 29.3. The molecule has 68 heavy (non-hydrogen) atoms. The molecule has 0 heterocycles. The molecule has 8 aliphatic rings. The molecule has 0 unspecified atom stereocenters. The number of carbonyl (C=O) groups is 6. The van der Waals surface area contributed by atoms with Crippen molar-refractivity contribution in [1.29, 1.82) is 0 Å². The Labute approximate surface area is 475 Å². The Kier molecular flexibility index (Phi) is 13.8. The van der Waals surface area contributed by atoms with Gasteiger partial charge in [-0.1, -0.05) is 127 Å². The number of amides is 2. The molecule has 0 aromatic heterocycles. The van der Waals surface area contributed by atoms with E-state index < -0.39 is 184 Å². The summed E-state index contributed by atoms with van der Waals surface area (Å²) in [7, 11) is 5.79. The van der Waals surface area contributed by atoms with Gasteiger partial charge in [-0.25, -0.2) is 0 Å². The van der Waals surface area contributed by atoms with Gasteiger partial charge >= 0.3 is 0 Å². The van der Waals surface area contributed by atoms with Crippen LogP contribution in [0.5, 0.6) is 0 Å². The van der Waals surface area contributed by atoms with Crippen molar-refractivity contribution in [1.82, 2.24) is 9.80 Å². The molecule has 2 amide bonds. The Morgan fingerprint density at radius 2 is 0.618 bits per heavy atom. The Morgan fingerprint density at radius 1 is 0.368 bits per heavy atom. The molecule has 8 fully saturated rings. The molecular formula is C60H106N2O6. The van der Waals surface area contributed by atoms with Crippen molar-refractivity contribution < 1.29 is 83.6 Å². The number of Topliss-reactive ketones (excluding diaryl/α,β-unsaturated/α-hetero) is 4. The van der Waals surface area contributed by atoms with E-state index in [0.717, 1.165) is 18.7 Å². The van der Waals surface area contributed by atoms with Gasteiger partial charge in [0.2, 0.25) is 11.8 Å². The summed E-state index contributed by atoms with van der Waals surface area (Å²) >= 11 is 0. The minimum atomic E-state index is -2.33. The zero-order valence-electron chi connectivity index (χ0n) is 82.0. The highest BCUT2D eigenvalue weighted by atomic mass is 16.2. The maximum Gasteiger partial charge on any atom is 0.225 e. The summed E-state index contributed by atoms with van der Waals surface area (Å²) in [6.45, 7) is 8.03. The average molecular weight is 992 g/mol. The third-order valence-corrected chi connectivity index (χ3v) is 9.65. The van der Waals surface area contributed by atoms with E-state index in [9.17, 15) is 28.8 Å². The first-order chi connectivity index (χ1) is 47.1. The standard InChI is InChI=1S/2C8H15NO.2C8H14.4C7H12O/c2*1-9(2)8(10)7-5-3-4-6-7;2*1-2-5-8-6-3-4-7-8;4*1-6(8)7-4-2-3-5-7/h2*7H,3-6H2,1-2H3;2*2,5,8H,3-4,6-7H2,1H3;4*7H,2-5H2,1H3/i5D2,6D2,7D;3D2,4D2,7D;6D2,7D2,8D;3D2,4D2,8D;2*4D2,5D2,7D;2*2D2,3D2,7D. The summed E-state index contributed by atoms with van der Waals surface area (Å²) in [4.78, 5) is 70.0. The van der Waals surface area contributed by atoms with E-state index in [1.54, 1.807) is 32.1 Å². The van der Waals surface area contributed by atoms with Crippen LogP contribution in [0.25, 0.3) is 0 Å². The van der Waals surface area contributed by atoms with Crippen LogP contribution in [-0.4, -0.2) is 72.9 Å². The first kappa shape index (κ1) is 24.2. The molecule has 0 saturated heterocycles. The maximum absolute atomic E-state index is 11.8. The van der Waals surface area contributed by atoms with Gasteiger partial charge in [0.15, 0.2) is 0 Å². The summed E-state index contributed by atoms with van der Waals surface area (Å²) in [6.07, 6.45) is -28.6. The molecule has 8 saturated carbocycles. The molecule has 0 atom stereocenters. The minimum Gasteiger partial charge on any atom is -0.349 e. The van der Waals surface area contributed by atoms with Gasteiger partial charge in [-0.2, -0.15) is 0 Å². The number of carbonyl (C=O) groups excluding carboxylic acids is 6. The number of ketones is 4. The first-order valence-corrected chi connectivity index (χ1v) is 22.8. The van der Waals surface area contributed by atoms with Crippen LogP contribution in [0.1, 0.15) is 301 Å². The van der Waals surface area contributed by atoms with Gasteiger partial charge in [0, 0.05) is 118 Å². The fourth-order valence-corrected chi connectivity index (χ4v) is 5.86. The van der Waals surface area contributed by atoms with Gasteiger partial charge in [-0.15, -0.1) is 0 Å². The van der Waals surface area contributed by atoms with Gasteiger partial charge in [-0.05, 0) is 156 Å². The van der Waals surface area contributed by atoms with Crippen molar-refractivity contribution >= 4 is 34.9 Å². The molecule has 8 aliphatic carbocycles. The number of hydrogen-bond acceptors (Lipinski definition) is 6. The molecule has 0 bridgehead atoms. The van der Waals surface area contributed by atoms with E-state index in [4.69, 9.17) is 54.8 Å². The van der Waals surface area contributed by atoms with Crippen LogP contribution in [0, 0.1) is 47.2 Å². The predicted molar refractivity (Wildman–Crippen MR) is 285 cm³/mol. The summed E-state index contributed by atoms with van der Waals surface area (Å²) in [5.74, 6) is -18.2. The van der Waals surface area contributed by atoms with E-state index >= 15 is 0 Å². The van der Waals surface area contributed by atoms with Crippen LogP contribution in [0.2, 0.25) is 0 Å². The molecule has 0 aromatic carbocycles. The highest BCUT2D eigenvalue weighted by Crippen LogP contribution is 2.30. The van der Waals surface area contributed by atoms with Gasteiger partial charge < -0.3 is 9.80 Å². The fraction of sp³-hybridized carbons (Fsp3) is 0.833. The van der Waals surface area contributed by atoms with Crippen LogP contribution in [-0.2, 0) is 28.8 Å². The lowest BCUT2D eigenvalue weighted by Gasteiger charge is -2.14. The Morgan fingerprint density at radius 3 is 0.882 bits per heavy atom. The summed E-state index contributed by atoms with van der Waals surface area (Å²) < 4.78 is 301. The number of rotatable bonds is 8. The molecule has 392 valence electrons. The zero-order valence-corrected chi connectivity index (χ0v) is 42.0. The fourth-order valence-electron chi connectivity index (χ4n) is 5.86. The van der Waals surface area contributed by atoms with Crippen molar-refractivity contribution in [2.75, 3.05) is 28.2 Å². The van der Waals surface area contributed by atoms with Crippen LogP contribution in [0.15, 0.2) is 24.3 Å². The van der Waals surface area contributed by atoms with Gasteiger partial charge in [-0.3, -0.25) is 28.8 Å². The van der Waals surface area contributed by atoms with Gasteiger partial charge in [0.05, 0.1) is 0 Å². The monoisotopic (exact) mass is 991 g/mol. The van der Waals surface area contributed by atoms with Crippen molar-refractivity contribution in [3.63, 3.8) is 0 Å². The lowest BCUT2D eigenvalue weighted by molar-refractivity contribution is -0.133. The average Bonchev–Trinajstić information content (AvgIpc) is 1.53.